The molecule has 0 spiro atoms. The Bertz CT molecular complexity index is 556. The van der Waals surface area contributed by atoms with Crippen LogP contribution in [0.25, 0.3) is 0 Å². The van der Waals surface area contributed by atoms with Gasteiger partial charge in [-0.3, -0.25) is 0 Å². The molecule has 1 N–H and O–H groups in total. The molecule has 2 rings (SSSR count). The SMILES string of the molecule is CCCNC(Cc1ccccc1)Cc1cc(Br)ccc1F. The van der Waals surface area contributed by atoms with E-state index in [-0.39, 0.29) is 11.9 Å². The Kier molecular flexibility index (Phi) is 6.40. The Morgan fingerprint density at radius 2 is 1.86 bits per heavy atom. The molecule has 3 heteroatoms. The summed E-state index contributed by atoms with van der Waals surface area (Å²) < 4.78 is 14.9. The number of halogens is 2. The van der Waals surface area contributed by atoms with E-state index < -0.39 is 0 Å². The van der Waals surface area contributed by atoms with Crippen LogP contribution in [0.1, 0.15) is 24.5 Å². The van der Waals surface area contributed by atoms with E-state index in [9.17, 15) is 4.39 Å². The molecule has 1 nitrogen and oxygen atoms in total. The van der Waals surface area contributed by atoms with Gasteiger partial charge in [0.1, 0.15) is 5.82 Å². The molecule has 0 aromatic heterocycles. The van der Waals surface area contributed by atoms with Crippen LogP contribution < -0.4 is 5.32 Å². The summed E-state index contributed by atoms with van der Waals surface area (Å²) in [6, 6.07) is 15.8. The molecule has 1 atom stereocenters. The van der Waals surface area contributed by atoms with Crippen LogP contribution in [0.4, 0.5) is 4.39 Å². The van der Waals surface area contributed by atoms with Crippen LogP contribution in [-0.2, 0) is 12.8 Å². The fourth-order valence-corrected chi connectivity index (χ4v) is 2.84. The highest BCUT2D eigenvalue weighted by Gasteiger charge is 2.13. The molecule has 0 radical (unpaired) electrons. The normalized spacial score (nSPS) is 12.3. The van der Waals surface area contributed by atoms with Crippen LogP contribution in [0.15, 0.2) is 53.0 Å². The second-order valence-corrected chi connectivity index (χ2v) is 6.20. The number of benzene rings is 2. The van der Waals surface area contributed by atoms with Gasteiger partial charge in [-0.1, -0.05) is 53.2 Å². The molecule has 0 amide bonds. The molecule has 0 aliphatic carbocycles. The van der Waals surface area contributed by atoms with Gasteiger partial charge in [-0.25, -0.2) is 4.39 Å². The molecule has 1 unspecified atom stereocenters. The van der Waals surface area contributed by atoms with Crippen LogP contribution in [0.2, 0.25) is 0 Å². The predicted molar refractivity (Wildman–Crippen MR) is 90.0 cm³/mol. The third-order valence-corrected chi connectivity index (χ3v) is 3.98. The highest BCUT2D eigenvalue weighted by molar-refractivity contribution is 9.10. The van der Waals surface area contributed by atoms with Crippen molar-refractivity contribution in [3.63, 3.8) is 0 Å². The van der Waals surface area contributed by atoms with Gasteiger partial charge in [0, 0.05) is 10.5 Å². The van der Waals surface area contributed by atoms with Crippen molar-refractivity contribution >= 4 is 15.9 Å². The third kappa shape index (κ3) is 5.25. The standard InChI is InChI=1S/C18H21BrFN/c1-2-10-21-17(11-14-6-4-3-5-7-14)13-15-12-16(19)8-9-18(15)20/h3-9,12,17,21H,2,10-11,13H2,1H3. The largest absolute Gasteiger partial charge is 0.313 e. The molecule has 0 aliphatic rings. The van der Waals surface area contributed by atoms with E-state index in [0.29, 0.717) is 6.42 Å². The Balaban J connectivity index is 2.10. The fraction of sp³-hybridized carbons (Fsp3) is 0.333. The van der Waals surface area contributed by atoms with Gasteiger partial charge in [-0.2, -0.15) is 0 Å². The van der Waals surface area contributed by atoms with Crippen molar-refractivity contribution in [2.75, 3.05) is 6.54 Å². The van der Waals surface area contributed by atoms with Crippen LogP contribution in [0, 0.1) is 5.82 Å². The Morgan fingerprint density at radius 3 is 2.57 bits per heavy atom. The van der Waals surface area contributed by atoms with E-state index >= 15 is 0 Å². The minimum absolute atomic E-state index is 0.130. The quantitative estimate of drug-likeness (QED) is 0.760. The number of rotatable bonds is 7. The minimum atomic E-state index is -0.130. The molecule has 0 heterocycles. The zero-order valence-electron chi connectivity index (χ0n) is 12.3. The molecule has 0 aliphatic heterocycles. The van der Waals surface area contributed by atoms with Crippen molar-refractivity contribution in [3.05, 3.63) is 69.9 Å². The van der Waals surface area contributed by atoms with Gasteiger partial charge in [0.05, 0.1) is 0 Å². The minimum Gasteiger partial charge on any atom is -0.313 e. The van der Waals surface area contributed by atoms with Gasteiger partial charge in [0.15, 0.2) is 0 Å². The molecule has 0 saturated heterocycles. The third-order valence-electron chi connectivity index (χ3n) is 3.48. The van der Waals surface area contributed by atoms with Crippen LogP contribution in [-0.4, -0.2) is 12.6 Å². The summed E-state index contributed by atoms with van der Waals surface area (Å²) in [4.78, 5) is 0. The van der Waals surface area contributed by atoms with E-state index in [4.69, 9.17) is 0 Å². The van der Waals surface area contributed by atoms with Crippen molar-refractivity contribution in [3.8, 4) is 0 Å². The maximum Gasteiger partial charge on any atom is 0.126 e. The first-order chi connectivity index (χ1) is 10.2. The predicted octanol–water partition coefficient (Wildman–Crippen LogP) is 4.74. The molecule has 0 fully saturated rings. The lowest BCUT2D eigenvalue weighted by molar-refractivity contribution is 0.492. The topological polar surface area (TPSA) is 12.0 Å². The average molecular weight is 350 g/mol. The van der Waals surface area contributed by atoms with Gasteiger partial charge < -0.3 is 5.32 Å². The van der Waals surface area contributed by atoms with Crippen LogP contribution in [0.5, 0.6) is 0 Å². The second kappa shape index (κ2) is 8.30. The molecular weight excluding hydrogens is 329 g/mol. The summed E-state index contributed by atoms with van der Waals surface area (Å²) in [5, 5.41) is 3.53. The first-order valence-corrected chi connectivity index (χ1v) is 8.19. The monoisotopic (exact) mass is 349 g/mol. The van der Waals surface area contributed by atoms with Crippen LogP contribution in [0.3, 0.4) is 0 Å². The first kappa shape index (κ1) is 16.2. The van der Waals surface area contributed by atoms with Crippen molar-refractivity contribution in [1.82, 2.24) is 5.32 Å². The number of nitrogens with one attached hydrogen (secondary N) is 1. The molecule has 21 heavy (non-hydrogen) atoms. The molecule has 0 saturated carbocycles. The molecule has 0 bridgehead atoms. The van der Waals surface area contributed by atoms with Crippen LogP contribution >= 0.6 is 15.9 Å². The lowest BCUT2D eigenvalue weighted by Crippen LogP contribution is -2.34. The lowest BCUT2D eigenvalue weighted by atomic mass is 9.98. The van der Waals surface area contributed by atoms with Gasteiger partial charge in [0.2, 0.25) is 0 Å². The highest BCUT2D eigenvalue weighted by Crippen LogP contribution is 2.18. The van der Waals surface area contributed by atoms with Crippen molar-refractivity contribution in [2.45, 2.75) is 32.2 Å². The van der Waals surface area contributed by atoms with Gasteiger partial charge in [0.25, 0.3) is 0 Å². The molecule has 2 aromatic rings. The van der Waals surface area contributed by atoms with E-state index in [0.717, 1.165) is 29.4 Å². The summed E-state index contributed by atoms with van der Waals surface area (Å²) in [5.41, 5.74) is 2.04. The average Bonchev–Trinajstić information content (AvgIpc) is 2.49. The summed E-state index contributed by atoms with van der Waals surface area (Å²) in [5.74, 6) is -0.130. The zero-order chi connectivity index (χ0) is 15.1. The van der Waals surface area contributed by atoms with Gasteiger partial charge in [-0.05, 0) is 55.1 Å². The smallest absolute Gasteiger partial charge is 0.126 e. The Morgan fingerprint density at radius 1 is 1.10 bits per heavy atom. The maximum absolute atomic E-state index is 13.9. The highest BCUT2D eigenvalue weighted by atomic mass is 79.9. The number of hydrogen-bond donors (Lipinski definition) is 1. The first-order valence-electron chi connectivity index (χ1n) is 7.40. The van der Waals surface area contributed by atoms with E-state index in [2.05, 4.69) is 40.3 Å². The van der Waals surface area contributed by atoms with Crippen molar-refractivity contribution < 1.29 is 4.39 Å². The van der Waals surface area contributed by atoms with E-state index in [1.807, 2.05) is 24.3 Å². The van der Waals surface area contributed by atoms with Gasteiger partial charge in [-0.15, -0.1) is 0 Å². The van der Waals surface area contributed by atoms with Crippen molar-refractivity contribution in [1.29, 1.82) is 0 Å². The second-order valence-electron chi connectivity index (χ2n) is 5.28. The fourth-order valence-electron chi connectivity index (χ4n) is 2.43. The molecule has 112 valence electrons. The summed E-state index contributed by atoms with van der Waals surface area (Å²) in [7, 11) is 0. The summed E-state index contributed by atoms with van der Waals surface area (Å²) in [6.45, 7) is 3.10. The Hall–Kier alpha value is -1.19. The lowest BCUT2D eigenvalue weighted by Gasteiger charge is -2.19. The van der Waals surface area contributed by atoms with Crippen molar-refractivity contribution in [2.24, 2.45) is 0 Å². The zero-order valence-corrected chi connectivity index (χ0v) is 13.9. The maximum atomic E-state index is 13.9. The summed E-state index contributed by atoms with van der Waals surface area (Å²) in [6.07, 6.45) is 2.68. The molecule has 2 aromatic carbocycles. The Labute approximate surface area is 134 Å². The van der Waals surface area contributed by atoms with E-state index in [1.165, 1.54) is 11.6 Å². The van der Waals surface area contributed by atoms with Gasteiger partial charge >= 0.3 is 0 Å². The van der Waals surface area contributed by atoms with E-state index in [1.54, 1.807) is 6.07 Å². The summed E-state index contributed by atoms with van der Waals surface area (Å²) >= 11 is 3.42. The molecular formula is C18H21BrFN. The number of hydrogen-bond acceptors (Lipinski definition) is 1.